The largest absolute Gasteiger partial charge is 0.382 e. The lowest BCUT2D eigenvalue weighted by molar-refractivity contribution is 1.01. The fourth-order valence-electron chi connectivity index (χ4n) is 1.14. The Balaban J connectivity index is 2.95. The Morgan fingerprint density at radius 1 is 1.25 bits per heavy atom. The van der Waals surface area contributed by atoms with Crippen molar-refractivity contribution in [2.24, 2.45) is 0 Å². The van der Waals surface area contributed by atoms with Gasteiger partial charge >= 0.3 is 0 Å². The first-order valence-corrected chi connectivity index (χ1v) is 3.61. The smallest absolute Gasteiger partial charge is 0.154 e. The number of hydrogen-bond acceptors (Lipinski definition) is 4. The fraction of sp³-hybridized carbons (Fsp3) is 0.125. The van der Waals surface area contributed by atoms with Gasteiger partial charge in [0.15, 0.2) is 5.82 Å². The molecule has 12 heavy (non-hydrogen) atoms. The highest BCUT2D eigenvalue weighted by Gasteiger charge is 2.01. The molecule has 0 unspecified atom stereocenters. The number of nitrogens with two attached hydrogens (primary N) is 1. The molecule has 0 aliphatic heterocycles. The lowest BCUT2D eigenvalue weighted by Gasteiger charge is -2.00. The van der Waals surface area contributed by atoms with Crippen LogP contribution >= 0.6 is 0 Å². The second-order valence-electron chi connectivity index (χ2n) is 2.59. The third kappa shape index (κ3) is 0.887. The predicted molar refractivity (Wildman–Crippen MR) is 46.5 cm³/mol. The quantitative estimate of drug-likeness (QED) is 0.622. The van der Waals surface area contributed by atoms with Gasteiger partial charge in [-0.25, -0.2) is 0 Å². The fourth-order valence-corrected chi connectivity index (χ4v) is 1.14. The van der Waals surface area contributed by atoms with E-state index in [4.69, 9.17) is 5.73 Å². The Labute approximate surface area is 69.4 Å². The van der Waals surface area contributed by atoms with Crippen LogP contribution in [0.2, 0.25) is 0 Å². The summed E-state index contributed by atoms with van der Waals surface area (Å²) in [5, 5.41) is 9.58. The van der Waals surface area contributed by atoms with Gasteiger partial charge in [0, 0.05) is 23.2 Å². The summed E-state index contributed by atoms with van der Waals surface area (Å²) >= 11 is 0. The van der Waals surface area contributed by atoms with Crippen molar-refractivity contribution in [1.29, 1.82) is 0 Å². The molecule has 0 radical (unpaired) electrons. The summed E-state index contributed by atoms with van der Waals surface area (Å²) in [6, 6.07) is 1.84. The molecule has 4 nitrogen and oxygen atoms in total. The molecule has 2 heterocycles. The van der Waals surface area contributed by atoms with Gasteiger partial charge in [-0.05, 0) is 13.0 Å². The predicted octanol–water partition coefficient (Wildman–Crippen LogP) is 0.915. The van der Waals surface area contributed by atoms with Crippen LogP contribution in [0.1, 0.15) is 5.69 Å². The Kier molecular flexibility index (Phi) is 1.40. The molecule has 0 saturated carbocycles. The maximum atomic E-state index is 5.62. The van der Waals surface area contributed by atoms with Gasteiger partial charge in [-0.1, -0.05) is 0 Å². The summed E-state index contributed by atoms with van der Waals surface area (Å²) in [5.41, 5.74) is 6.48. The van der Waals surface area contributed by atoms with E-state index in [1.165, 1.54) is 0 Å². The molecular formula is C8H8N4. The highest BCUT2D eigenvalue weighted by atomic mass is 15.1. The van der Waals surface area contributed by atoms with Crippen molar-refractivity contribution in [3.8, 4) is 0 Å². The number of aromatic nitrogens is 3. The molecule has 0 saturated heterocycles. The first kappa shape index (κ1) is 6.97. The van der Waals surface area contributed by atoms with Crippen LogP contribution in [0.25, 0.3) is 10.8 Å². The molecule has 0 atom stereocenters. The molecule has 0 aliphatic rings. The van der Waals surface area contributed by atoms with Crippen LogP contribution in [-0.4, -0.2) is 15.2 Å². The van der Waals surface area contributed by atoms with Gasteiger partial charge < -0.3 is 5.73 Å². The first-order valence-electron chi connectivity index (χ1n) is 3.61. The number of anilines is 1. The van der Waals surface area contributed by atoms with Gasteiger partial charge in [0.25, 0.3) is 0 Å². The number of aryl methyl sites for hydroxylation is 1. The minimum absolute atomic E-state index is 0.456. The van der Waals surface area contributed by atoms with Gasteiger partial charge in [0.2, 0.25) is 0 Å². The zero-order valence-electron chi connectivity index (χ0n) is 6.65. The highest BCUT2D eigenvalue weighted by molar-refractivity contribution is 5.91. The Morgan fingerprint density at radius 3 is 2.83 bits per heavy atom. The van der Waals surface area contributed by atoms with Gasteiger partial charge in [-0.2, -0.15) is 5.10 Å². The van der Waals surface area contributed by atoms with Crippen LogP contribution in [0.15, 0.2) is 18.5 Å². The number of nitrogen functional groups attached to an aromatic ring is 1. The maximum Gasteiger partial charge on any atom is 0.154 e. The second-order valence-corrected chi connectivity index (χ2v) is 2.59. The van der Waals surface area contributed by atoms with Crippen molar-refractivity contribution in [3.63, 3.8) is 0 Å². The summed E-state index contributed by atoms with van der Waals surface area (Å²) in [6.45, 7) is 1.89. The van der Waals surface area contributed by atoms with Crippen LogP contribution in [0.5, 0.6) is 0 Å². The minimum Gasteiger partial charge on any atom is -0.382 e. The van der Waals surface area contributed by atoms with Crippen LogP contribution < -0.4 is 5.73 Å². The van der Waals surface area contributed by atoms with Crippen molar-refractivity contribution in [2.45, 2.75) is 6.92 Å². The summed E-state index contributed by atoms with van der Waals surface area (Å²) < 4.78 is 0. The number of pyridine rings is 1. The summed E-state index contributed by atoms with van der Waals surface area (Å²) in [4.78, 5) is 3.99. The number of fused-ring (bicyclic) bond motifs is 1. The number of nitrogens with zero attached hydrogens (tertiary/aromatic N) is 3. The molecule has 0 bridgehead atoms. The Hall–Kier alpha value is -1.71. The van der Waals surface area contributed by atoms with E-state index in [2.05, 4.69) is 15.2 Å². The van der Waals surface area contributed by atoms with Crippen LogP contribution in [-0.2, 0) is 0 Å². The molecule has 60 valence electrons. The van der Waals surface area contributed by atoms with E-state index in [-0.39, 0.29) is 0 Å². The van der Waals surface area contributed by atoms with Crippen molar-refractivity contribution >= 4 is 16.6 Å². The molecule has 0 fully saturated rings. The average Bonchev–Trinajstić information content (AvgIpc) is 2.12. The first-order chi connectivity index (χ1) is 5.79. The van der Waals surface area contributed by atoms with Gasteiger partial charge in [0.1, 0.15) is 0 Å². The van der Waals surface area contributed by atoms with E-state index in [1.54, 1.807) is 12.4 Å². The number of rotatable bonds is 0. The average molecular weight is 160 g/mol. The zero-order chi connectivity index (χ0) is 8.55. The molecule has 2 aromatic heterocycles. The van der Waals surface area contributed by atoms with E-state index in [1.807, 2.05) is 13.0 Å². The molecule has 2 aromatic rings. The molecule has 0 aliphatic carbocycles. The zero-order valence-corrected chi connectivity index (χ0v) is 6.65. The molecule has 2 rings (SSSR count). The third-order valence-electron chi connectivity index (χ3n) is 1.79. The molecule has 0 amide bonds. The Bertz CT molecular complexity index is 384. The SMILES string of the molecule is Cc1nnc(N)c2ccncc12. The van der Waals surface area contributed by atoms with Gasteiger partial charge in [-0.3, -0.25) is 4.98 Å². The molecule has 0 spiro atoms. The van der Waals surface area contributed by atoms with E-state index in [0.29, 0.717) is 5.82 Å². The highest BCUT2D eigenvalue weighted by Crippen LogP contribution is 2.18. The van der Waals surface area contributed by atoms with E-state index >= 15 is 0 Å². The van der Waals surface area contributed by atoms with Crippen LogP contribution in [0, 0.1) is 6.92 Å². The molecule has 4 heteroatoms. The van der Waals surface area contributed by atoms with Crippen molar-refractivity contribution in [1.82, 2.24) is 15.2 Å². The summed E-state index contributed by atoms with van der Waals surface area (Å²) in [6.07, 6.45) is 3.44. The second kappa shape index (κ2) is 2.41. The monoisotopic (exact) mass is 160 g/mol. The number of hydrogen-bond donors (Lipinski definition) is 1. The standard InChI is InChI=1S/C8H8N4/c1-5-7-4-10-3-2-6(7)8(9)12-11-5/h2-4H,1H3,(H2,9,12). The molecule has 0 aromatic carbocycles. The Morgan fingerprint density at radius 2 is 2.08 bits per heavy atom. The van der Waals surface area contributed by atoms with Crippen molar-refractivity contribution < 1.29 is 0 Å². The van der Waals surface area contributed by atoms with Crippen molar-refractivity contribution in [2.75, 3.05) is 5.73 Å². The minimum atomic E-state index is 0.456. The van der Waals surface area contributed by atoms with Crippen LogP contribution in [0.3, 0.4) is 0 Å². The normalized spacial score (nSPS) is 10.4. The molecular weight excluding hydrogens is 152 g/mol. The van der Waals surface area contributed by atoms with Gasteiger partial charge in [0.05, 0.1) is 5.69 Å². The van der Waals surface area contributed by atoms with Crippen LogP contribution in [0.4, 0.5) is 5.82 Å². The topological polar surface area (TPSA) is 64.7 Å². The summed E-state index contributed by atoms with van der Waals surface area (Å²) in [7, 11) is 0. The lowest BCUT2D eigenvalue weighted by Crippen LogP contribution is -1.97. The van der Waals surface area contributed by atoms with E-state index < -0.39 is 0 Å². The van der Waals surface area contributed by atoms with Gasteiger partial charge in [-0.15, -0.1) is 5.10 Å². The maximum absolute atomic E-state index is 5.62. The van der Waals surface area contributed by atoms with E-state index in [0.717, 1.165) is 16.5 Å². The summed E-state index contributed by atoms with van der Waals surface area (Å²) in [5.74, 6) is 0.456. The molecule has 2 N–H and O–H groups in total. The third-order valence-corrected chi connectivity index (χ3v) is 1.79. The van der Waals surface area contributed by atoms with Crippen molar-refractivity contribution in [3.05, 3.63) is 24.2 Å². The lowest BCUT2D eigenvalue weighted by atomic mass is 10.2. The van der Waals surface area contributed by atoms with E-state index in [9.17, 15) is 0 Å².